The maximum absolute atomic E-state index is 10.7. The fourth-order valence-electron chi connectivity index (χ4n) is 3.26. The second kappa shape index (κ2) is 24.2. The van der Waals surface area contributed by atoms with Gasteiger partial charge in [-0.1, -0.05) is 39.3 Å². The molecule has 4 N–H and O–H groups in total. The minimum atomic E-state index is -0.139. The van der Waals surface area contributed by atoms with E-state index in [1.807, 2.05) is 42.5 Å². The number of halogens is 4. The van der Waals surface area contributed by atoms with E-state index < -0.39 is 0 Å². The lowest BCUT2D eigenvalue weighted by Gasteiger charge is -2.04. The van der Waals surface area contributed by atoms with Crippen LogP contribution < -0.4 is 21.3 Å². The number of anilines is 4. The second-order valence-electron chi connectivity index (χ2n) is 9.45. The zero-order valence-electron chi connectivity index (χ0n) is 26.2. The van der Waals surface area contributed by atoms with Crippen LogP contribution in [0.2, 0.25) is 0 Å². The van der Waals surface area contributed by atoms with Gasteiger partial charge < -0.3 is 21.3 Å². The van der Waals surface area contributed by atoms with E-state index >= 15 is 0 Å². The van der Waals surface area contributed by atoms with Gasteiger partial charge in [0, 0.05) is 68.1 Å². The summed E-state index contributed by atoms with van der Waals surface area (Å²) >= 11 is 13.2. The molecule has 0 heterocycles. The zero-order chi connectivity index (χ0) is 36.2. The fourth-order valence-corrected chi connectivity index (χ4v) is 5.17. The summed E-state index contributed by atoms with van der Waals surface area (Å²) in [5.74, 6) is -0.376. The van der Waals surface area contributed by atoms with Gasteiger partial charge in [-0.05, 0) is 117 Å². The van der Waals surface area contributed by atoms with E-state index in [-0.39, 0.29) is 31.1 Å². The summed E-state index contributed by atoms with van der Waals surface area (Å²) in [6.45, 7) is 5.84. The molecule has 0 spiro atoms. The standard InChI is InChI=1S/C9H8BrNO2.C9H9NO2.C8H7Br2NO.C8H8BrNO.CH4/c1-6(13)11-9-3-2-7(5-12)4-8(9)10;1-7(12)10-9-4-2-8(6-11)3-5-9;1-5(12)11-8-3-2-6(9)4-7(8)10;1-6(11)10-8-4-2-7(9)3-5-8;/h2-5H,1H3,(H,11,13);2-6H,1H3,(H,10,12);2-4H,1H3,(H,11,12);2-5H,1H3,(H,10,11);1H4. The van der Waals surface area contributed by atoms with Gasteiger partial charge in [0.1, 0.15) is 12.6 Å². The Hall–Kier alpha value is -3.98. The Bertz CT molecular complexity index is 1720. The van der Waals surface area contributed by atoms with Crippen LogP contribution in [0.4, 0.5) is 22.7 Å². The molecule has 260 valence electrons. The number of amides is 4. The molecule has 10 nitrogen and oxygen atoms in total. The molecule has 4 rings (SSSR count). The highest BCUT2D eigenvalue weighted by Gasteiger charge is 2.02. The van der Waals surface area contributed by atoms with Crippen LogP contribution in [0.3, 0.4) is 0 Å². The molecule has 0 aliphatic rings. The maximum atomic E-state index is 10.7. The predicted molar refractivity (Wildman–Crippen MR) is 211 cm³/mol. The van der Waals surface area contributed by atoms with E-state index in [0.717, 1.165) is 37.4 Å². The summed E-state index contributed by atoms with van der Waals surface area (Å²) in [4.78, 5) is 63.2. The van der Waals surface area contributed by atoms with Crippen LogP contribution in [0, 0.1) is 0 Å². The maximum Gasteiger partial charge on any atom is 0.221 e. The van der Waals surface area contributed by atoms with E-state index in [2.05, 4.69) is 85.0 Å². The van der Waals surface area contributed by atoms with E-state index in [9.17, 15) is 28.8 Å². The number of nitrogens with one attached hydrogen (secondary N) is 4. The Morgan fingerprint density at radius 1 is 0.469 bits per heavy atom. The number of aldehydes is 2. The van der Waals surface area contributed by atoms with Gasteiger partial charge in [-0.3, -0.25) is 28.8 Å². The van der Waals surface area contributed by atoms with Crippen LogP contribution in [-0.2, 0) is 19.2 Å². The number of benzene rings is 4. The van der Waals surface area contributed by atoms with Crippen molar-refractivity contribution in [3.05, 3.63) is 114 Å². The van der Waals surface area contributed by atoms with Crippen molar-refractivity contribution in [2.45, 2.75) is 35.1 Å². The molecule has 0 saturated carbocycles. The molecule has 0 aromatic heterocycles. The van der Waals surface area contributed by atoms with Crippen LogP contribution in [0.5, 0.6) is 0 Å². The van der Waals surface area contributed by atoms with Gasteiger partial charge in [0.2, 0.25) is 23.6 Å². The monoisotopic (exact) mass is 924 g/mol. The van der Waals surface area contributed by atoms with Crippen LogP contribution in [0.1, 0.15) is 55.8 Å². The van der Waals surface area contributed by atoms with Gasteiger partial charge in [-0.15, -0.1) is 0 Å². The Balaban J connectivity index is 0.000000624. The molecule has 0 aliphatic carbocycles. The fraction of sp³-hybridized carbons (Fsp3) is 0.143. The van der Waals surface area contributed by atoms with Gasteiger partial charge in [-0.25, -0.2) is 0 Å². The molecule has 0 atom stereocenters. The first kappa shape index (κ1) is 45.0. The highest BCUT2D eigenvalue weighted by molar-refractivity contribution is 9.11. The van der Waals surface area contributed by atoms with Gasteiger partial charge in [0.25, 0.3) is 0 Å². The minimum absolute atomic E-state index is 0. The third-order valence-corrected chi connectivity index (χ3v) is 7.55. The molecule has 4 amide bonds. The number of hydrogen-bond donors (Lipinski definition) is 4. The minimum Gasteiger partial charge on any atom is -0.326 e. The molecule has 4 aromatic carbocycles. The number of hydrogen-bond acceptors (Lipinski definition) is 6. The van der Waals surface area contributed by atoms with Crippen LogP contribution in [-0.4, -0.2) is 36.2 Å². The van der Waals surface area contributed by atoms with E-state index in [4.69, 9.17) is 0 Å². The molecule has 49 heavy (non-hydrogen) atoms. The highest BCUT2D eigenvalue weighted by Crippen LogP contribution is 2.26. The summed E-state index contributed by atoms with van der Waals surface area (Å²) in [5.41, 5.74) is 4.14. The average Bonchev–Trinajstić information content (AvgIpc) is 3.01. The largest absolute Gasteiger partial charge is 0.326 e. The average molecular weight is 928 g/mol. The highest BCUT2D eigenvalue weighted by atomic mass is 79.9. The van der Waals surface area contributed by atoms with E-state index in [0.29, 0.717) is 27.0 Å². The van der Waals surface area contributed by atoms with Crippen molar-refractivity contribution < 1.29 is 28.8 Å². The summed E-state index contributed by atoms with van der Waals surface area (Å²) in [6.07, 6.45) is 1.51. The smallest absolute Gasteiger partial charge is 0.221 e. The normalized spacial score (nSPS) is 9.14. The Morgan fingerprint density at radius 2 is 0.816 bits per heavy atom. The van der Waals surface area contributed by atoms with Gasteiger partial charge in [0.05, 0.1) is 11.4 Å². The molecular formula is C35H36Br4N4O6. The summed E-state index contributed by atoms with van der Waals surface area (Å²) in [5, 5.41) is 10.6. The Morgan fingerprint density at radius 3 is 1.18 bits per heavy atom. The molecule has 14 heteroatoms. The van der Waals surface area contributed by atoms with Crippen molar-refractivity contribution in [1.82, 2.24) is 0 Å². The van der Waals surface area contributed by atoms with Crippen molar-refractivity contribution in [2.24, 2.45) is 0 Å². The zero-order valence-corrected chi connectivity index (χ0v) is 32.5. The number of carbonyl (C=O) groups excluding carboxylic acids is 6. The third kappa shape index (κ3) is 20.2. The number of rotatable bonds is 6. The first-order valence-electron chi connectivity index (χ1n) is 13.7. The molecule has 0 bridgehead atoms. The topological polar surface area (TPSA) is 151 Å². The predicted octanol–water partition coefficient (Wildman–Crippen LogP) is 9.89. The Labute approximate surface area is 319 Å². The molecule has 0 aliphatic heterocycles. The second-order valence-corrected chi connectivity index (χ2v) is 13.0. The van der Waals surface area contributed by atoms with Crippen LogP contribution in [0.25, 0.3) is 0 Å². The first-order chi connectivity index (χ1) is 22.6. The molecule has 4 aromatic rings. The van der Waals surface area contributed by atoms with Crippen molar-refractivity contribution in [2.75, 3.05) is 21.3 Å². The van der Waals surface area contributed by atoms with Gasteiger partial charge in [-0.2, -0.15) is 0 Å². The lowest BCUT2D eigenvalue weighted by molar-refractivity contribution is -0.115. The summed E-state index contributed by atoms with van der Waals surface area (Å²) in [7, 11) is 0. The molecule has 0 saturated heterocycles. The van der Waals surface area contributed by atoms with Crippen molar-refractivity contribution in [3.8, 4) is 0 Å². The summed E-state index contributed by atoms with van der Waals surface area (Å²) < 4.78 is 3.55. The molecule has 0 fully saturated rings. The van der Waals surface area contributed by atoms with Crippen molar-refractivity contribution in [3.63, 3.8) is 0 Å². The summed E-state index contributed by atoms with van der Waals surface area (Å²) in [6, 6.07) is 24.7. The van der Waals surface area contributed by atoms with Crippen molar-refractivity contribution >= 4 is 123 Å². The molecule has 0 unspecified atom stereocenters. The molecule has 0 radical (unpaired) electrons. The first-order valence-corrected chi connectivity index (χ1v) is 16.9. The Kier molecular flexibility index (Phi) is 22.2. The van der Waals surface area contributed by atoms with E-state index in [1.165, 1.54) is 27.7 Å². The van der Waals surface area contributed by atoms with Crippen LogP contribution in [0.15, 0.2) is 103 Å². The van der Waals surface area contributed by atoms with E-state index in [1.54, 1.807) is 42.5 Å². The molecular weight excluding hydrogens is 892 g/mol. The number of carbonyl (C=O) groups is 6. The van der Waals surface area contributed by atoms with Gasteiger partial charge >= 0.3 is 0 Å². The SMILES string of the molecule is C.CC(=O)Nc1ccc(Br)cc1.CC(=O)Nc1ccc(Br)cc1Br.CC(=O)Nc1ccc(C=O)cc1.CC(=O)Nc1ccc(C=O)cc1Br. The van der Waals surface area contributed by atoms with Crippen molar-refractivity contribution in [1.29, 1.82) is 0 Å². The van der Waals surface area contributed by atoms with Crippen LogP contribution >= 0.6 is 63.7 Å². The lowest BCUT2D eigenvalue weighted by Crippen LogP contribution is -2.06. The lowest BCUT2D eigenvalue weighted by atomic mass is 10.2. The third-order valence-electron chi connectivity index (χ3n) is 5.21. The van der Waals surface area contributed by atoms with Gasteiger partial charge in [0.15, 0.2) is 0 Å². The quantitative estimate of drug-likeness (QED) is 0.142.